The molecular weight excluding hydrogens is 326 g/mol. The number of amides is 3. The lowest BCUT2D eigenvalue weighted by molar-refractivity contribution is -0.136. The third kappa shape index (κ3) is 2.84. The highest BCUT2D eigenvalue weighted by atomic mass is 16.5. The second-order valence-electron chi connectivity index (χ2n) is 5.91. The molecule has 3 aliphatic heterocycles. The van der Waals surface area contributed by atoms with E-state index in [2.05, 4.69) is 20.1 Å². The SMILES string of the molecule is O=C1C=CC(C(=O)N2CC(c3nc(C4C=CC=NC4=O)no3)C2)C=N1. The van der Waals surface area contributed by atoms with Crippen LogP contribution in [0.5, 0.6) is 0 Å². The Morgan fingerprint density at radius 2 is 2.04 bits per heavy atom. The molecule has 9 nitrogen and oxygen atoms in total. The first-order valence-corrected chi connectivity index (χ1v) is 7.75. The van der Waals surface area contributed by atoms with Gasteiger partial charge in [-0.2, -0.15) is 4.98 Å². The van der Waals surface area contributed by atoms with E-state index in [1.165, 1.54) is 24.6 Å². The zero-order valence-electron chi connectivity index (χ0n) is 13.0. The fourth-order valence-corrected chi connectivity index (χ4v) is 2.78. The van der Waals surface area contributed by atoms with Crippen LogP contribution in [0.15, 0.2) is 38.8 Å². The summed E-state index contributed by atoms with van der Waals surface area (Å²) in [5, 5.41) is 3.86. The van der Waals surface area contributed by atoms with Crippen LogP contribution in [0.25, 0.3) is 0 Å². The summed E-state index contributed by atoms with van der Waals surface area (Å²) in [6.45, 7) is 0.887. The Balaban J connectivity index is 1.37. The maximum atomic E-state index is 12.3. The molecule has 1 aromatic rings. The zero-order chi connectivity index (χ0) is 17.4. The van der Waals surface area contributed by atoms with Gasteiger partial charge in [0.15, 0.2) is 5.82 Å². The molecule has 3 aliphatic rings. The Kier molecular flexibility index (Phi) is 3.68. The number of rotatable bonds is 3. The number of likely N-dealkylation sites (tertiary alicyclic amines) is 1. The molecule has 2 atom stereocenters. The smallest absolute Gasteiger partial charge is 0.269 e. The largest absolute Gasteiger partial charge is 0.340 e. The lowest BCUT2D eigenvalue weighted by Gasteiger charge is -2.38. The van der Waals surface area contributed by atoms with Crippen molar-refractivity contribution in [1.29, 1.82) is 0 Å². The molecule has 1 saturated heterocycles. The van der Waals surface area contributed by atoms with E-state index in [1.807, 2.05) is 0 Å². The zero-order valence-corrected chi connectivity index (χ0v) is 13.0. The van der Waals surface area contributed by atoms with Crippen LogP contribution in [0.1, 0.15) is 23.6 Å². The van der Waals surface area contributed by atoms with Gasteiger partial charge in [0.25, 0.3) is 11.8 Å². The summed E-state index contributed by atoms with van der Waals surface area (Å²) in [4.78, 5) is 48.3. The van der Waals surface area contributed by atoms with Gasteiger partial charge in [-0.3, -0.25) is 14.4 Å². The molecule has 0 bridgehead atoms. The van der Waals surface area contributed by atoms with E-state index >= 15 is 0 Å². The first-order chi connectivity index (χ1) is 12.1. The second-order valence-corrected chi connectivity index (χ2v) is 5.91. The van der Waals surface area contributed by atoms with E-state index in [4.69, 9.17) is 4.52 Å². The van der Waals surface area contributed by atoms with E-state index in [0.717, 1.165) is 0 Å². The first kappa shape index (κ1) is 15.3. The Bertz CT molecular complexity index is 844. The summed E-state index contributed by atoms with van der Waals surface area (Å²) in [5.74, 6) is -1.35. The molecular formula is C16H13N5O4. The number of dihydropyridines is 2. The predicted molar refractivity (Wildman–Crippen MR) is 85.1 cm³/mol. The number of hydrogen-bond acceptors (Lipinski definition) is 6. The van der Waals surface area contributed by atoms with Gasteiger partial charge in [-0.1, -0.05) is 17.3 Å². The number of aromatic nitrogens is 2. The van der Waals surface area contributed by atoms with Crippen molar-refractivity contribution < 1.29 is 18.9 Å². The standard InChI is InChI=1S/C16H13N5O4/c22-12-4-3-9(6-18-12)16(24)21-7-10(8-21)15-19-13(20-25-15)11-2-1-5-17-14(11)23/h1-6,9-11H,7-8H2. The summed E-state index contributed by atoms with van der Waals surface area (Å²) >= 11 is 0. The molecule has 0 N–H and O–H groups in total. The van der Waals surface area contributed by atoms with Crippen molar-refractivity contribution in [2.75, 3.05) is 13.1 Å². The van der Waals surface area contributed by atoms with Crippen LogP contribution < -0.4 is 0 Å². The minimum atomic E-state index is -0.624. The monoisotopic (exact) mass is 339 g/mol. The topological polar surface area (TPSA) is 118 Å². The van der Waals surface area contributed by atoms with Crippen molar-refractivity contribution in [1.82, 2.24) is 15.0 Å². The quantitative estimate of drug-likeness (QED) is 0.766. The molecule has 4 rings (SSSR count). The van der Waals surface area contributed by atoms with Gasteiger partial charge in [-0.05, 0) is 6.08 Å². The molecule has 0 aromatic carbocycles. The molecule has 4 heterocycles. The van der Waals surface area contributed by atoms with E-state index in [-0.39, 0.29) is 29.5 Å². The summed E-state index contributed by atoms with van der Waals surface area (Å²) in [7, 11) is 0. The van der Waals surface area contributed by atoms with Crippen molar-refractivity contribution >= 4 is 30.2 Å². The van der Waals surface area contributed by atoms with Crippen LogP contribution in [0.4, 0.5) is 0 Å². The first-order valence-electron chi connectivity index (χ1n) is 7.75. The number of allylic oxidation sites excluding steroid dienone is 1. The van der Waals surface area contributed by atoms with Gasteiger partial charge in [0.1, 0.15) is 5.92 Å². The van der Waals surface area contributed by atoms with Crippen LogP contribution in [0, 0.1) is 5.92 Å². The predicted octanol–water partition coefficient (Wildman–Crippen LogP) is 0.0296. The molecule has 126 valence electrons. The molecule has 0 spiro atoms. The fourth-order valence-electron chi connectivity index (χ4n) is 2.78. The summed E-state index contributed by atoms with van der Waals surface area (Å²) in [5.41, 5.74) is 0. The lowest BCUT2D eigenvalue weighted by atomic mass is 9.96. The molecule has 0 saturated carbocycles. The number of aliphatic imine (C=N–C) groups is 2. The molecule has 9 heteroatoms. The maximum absolute atomic E-state index is 12.3. The highest BCUT2D eigenvalue weighted by Crippen LogP contribution is 2.29. The van der Waals surface area contributed by atoms with Crippen molar-refractivity contribution in [2.24, 2.45) is 15.9 Å². The minimum absolute atomic E-state index is 0.0671. The molecule has 0 aliphatic carbocycles. The molecule has 25 heavy (non-hydrogen) atoms. The van der Waals surface area contributed by atoms with Crippen molar-refractivity contribution in [2.45, 2.75) is 11.8 Å². The Morgan fingerprint density at radius 3 is 2.76 bits per heavy atom. The van der Waals surface area contributed by atoms with Crippen molar-refractivity contribution in [3.63, 3.8) is 0 Å². The third-order valence-corrected chi connectivity index (χ3v) is 4.23. The Labute approximate surface area is 141 Å². The summed E-state index contributed by atoms with van der Waals surface area (Å²) in [6, 6.07) is 0. The van der Waals surface area contributed by atoms with Crippen LogP contribution in [0.2, 0.25) is 0 Å². The van der Waals surface area contributed by atoms with E-state index in [0.29, 0.717) is 19.0 Å². The van der Waals surface area contributed by atoms with E-state index in [1.54, 1.807) is 17.1 Å². The van der Waals surface area contributed by atoms with Crippen LogP contribution >= 0.6 is 0 Å². The molecule has 3 amide bonds. The molecule has 0 radical (unpaired) electrons. The van der Waals surface area contributed by atoms with Gasteiger partial charge in [0.05, 0.1) is 11.8 Å². The molecule has 2 unspecified atom stereocenters. The summed E-state index contributed by atoms with van der Waals surface area (Å²) < 4.78 is 5.24. The highest BCUT2D eigenvalue weighted by molar-refractivity contribution is 6.05. The third-order valence-electron chi connectivity index (χ3n) is 4.23. The van der Waals surface area contributed by atoms with Gasteiger partial charge in [0, 0.05) is 31.6 Å². The van der Waals surface area contributed by atoms with Crippen LogP contribution in [-0.4, -0.2) is 58.3 Å². The van der Waals surface area contributed by atoms with E-state index < -0.39 is 11.8 Å². The van der Waals surface area contributed by atoms with Crippen LogP contribution in [0.3, 0.4) is 0 Å². The van der Waals surface area contributed by atoms with Gasteiger partial charge in [-0.15, -0.1) is 0 Å². The molecule has 1 aromatic heterocycles. The normalized spacial score (nSPS) is 25.5. The number of nitrogens with zero attached hydrogens (tertiary/aromatic N) is 5. The second kappa shape index (κ2) is 6.00. The van der Waals surface area contributed by atoms with Gasteiger partial charge >= 0.3 is 0 Å². The average Bonchev–Trinajstić information content (AvgIpc) is 3.04. The van der Waals surface area contributed by atoms with Crippen molar-refractivity contribution in [3.8, 4) is 0 Å². The van der Waals surface area contributed by atoms with Gasteiger partial charge in [0.2, 0.25) is 11.8 Å². The molecule has 1 fully saturated rings. The number of carbonyl (C=O) groups is 3. The maximum Gasteiger partial charge on any atom is 0.269 e. The van der Waals surface area contributed by atoms with Gasteiger partial charge in [-0.25, -0.2) is 9.98 Å². The average molecular weight is 339 g/mol. The minimum Gasteiger partial charge on any atom is -0.340 e. The van der Waals surface area contributed by atoms with Crippen molar-refractivity contribution in [3.05, 3.63) is 36.0 Å². The Morgan fingerprint density at radius 1 is 1.20 bits per heavy atom. The van der Waals surface area contributed by atoms with E-state index in [9.17, 15) is 14.4 Å². The highest BCUT2D eigenvalue weighted by Gasteiger charge is 2.38. The van der Waals surface area contributed by atoms with Crippen LogP contribution in [-0.2, 0) is 14.4 Å². The lowest BCUT2D eigenvalue weighted by Crippen LogP contribution is -2.51. The Hall–Kier alpha value is -3.23. The van der Waals surface area contributed by atoms with Gasteiger partial charge < -0.3 is 9.42 Å². The number of carbonyl (C=O) groups excluding carboxylic acids is 3. The fraction of sp³-hybridized carbons (Fsp3) is 0.312. The summed E-state index contributed by atoms with van der Waals surface area (Å²) in [6.07, 6.45) is 8.93. The number of hydrogen-bond donors (Lipinski definition) is 0.